The lowest BCUT2D eigenvalue weighted by Gasteiger charge is -2.26. The molecule has 49 heavy (non-hydrogen) atoms. The molecule has 0 amide bonds. The van der Waals surface area contributed by atoms with Gasteiger partial charge >= 0.3 is 0 Å². The van der Waals surface area contributed by atoms with Crippen LogP contribution in [0.25, 0.3) is 75.4 Å². The Hall–Kier alpha value is -6.23. The highest BCUT2D eigenvalue weighted by Crippen LogP contribution is 2.48. The molecule has 0 aliphatic rings. The average Bonchev–Trinajstić information content (AvgIpc) is 3.78. The molecule has 10 rings (SSSR count). The monoisotopic (exact) mass is 644 g/mol. The lowest BCUT2D eigenvalue weighted by Crippen LogP contribution is -2.10. The van der Waals surface area contributed by atoms with Crippen molar-refractivity contribution < 1.29 is 4.42 Å². The number of hydrogen-bond donors (Lipinski definition) is 0. The molecule has 2 aromatic heterocycles. The summed E-state index contributed by atoms with van der Waals surface area (Å²) in [6.45, 7) is 0. The highest BCUT2D eigenvalue weighted by molar-refractivity contribution is 7.26. The van der Waals surface area contributed by atoms with Gasteiger partial charge in [0.05, 0.1) is 10.4 Å². The Labute approximate surface area is 286 Å². The second-order valence-electron chi connectivity index (χ2n) is 12.3. The molecule has 0 bridgehead atoms. The van der Waals surface area contributed by atoms with Gasteiger partial charge in [0.2, 0.25) is 5.89 Å². The van der Waals surface area contributed by atoms with Crippen LogP contribution in [0.4, 0.5) is 17.1 Å². The molecular weight excluding hydrogens is 617 g/mol. The minimum atomic E-state index is 0.627. The summed E-state index contributed by atoms with van der Waals surface area (Å²) < 4.78 is 8.96. The Bertz CT molecular complexity index is 2820. The number of thiophene rings is 1. The maximum atomic E-state index is 6.56. The Balaban J connectivity index is 1.20. The van der Waals surface area contributed by atoms with E-state index in [-0.39, 0.29) is 0 Å². The topological polar surface area (TPSA) is 29.3 Å². The lowest BCUT2D eigenvalue weighted by atomic mass is 9.93. The van der Waals surface area contributed by atoms with Crippen molar-refractivity contribution in [2.45, 2.75) is 0 Å². The molecule has 2 heterocycles. The van der Waals surface area contributed by atoms with Crippen LogP contribution >= 0.6 is 11.3 Å². The van der Waals surface area contributed by atoms with Crippen LogP contribution < -0.4 is 4.90 Å². The van der Waals surface area contributed by atoms with E-state index in [1.165, 1.54) is 47.5 Å². The number of benzene rings is 8. The van der Waals surface area contributed by atoms with Crippen molar-refractivity contribution in [2.24, 2.45) is 0 Å². The summed E-state index contributed by atoms with van der Waals surface area (Å²) >= 11 is 1.81. The van der Waals surface area contributed by atoms with Crippen LogP contribution in [0.2, 0.25) is 0 Å². The molecule has 0 N–H and O–H groups in total. The number of anilines is 3. The van der Waals surface area contributed by atoms with Gasteiger partial charge in [-0.2, -0.15) is 0 Å². The summed E-state index contributed by atoms with van der Waals surface area (Å²) in [4.78, 5) is 7.44. The van der Waals surface area contributed by atoms with Crippen molar-refractivity contribution in [3.05, 3.63) is 170 Å². The minimum absolute atomic E-state index is 0.627. The smallest absolute Gasteiger partial charge is 0.227 e. The van der Waals surface area contributed by atoms with Crippen LogP contribution in [-0.4, -0.2) is 4.98 Å². The molecule has 0 unspecified atom stereocenters. The van der Waals surface area contributed by atoms with Gasteiger partial charge in [0, 0.05) is 38.5 Å². The van der Waals surface area contributed by atoms with E-state index in [2.05, 4.69) is 144 Å². The fourth-order valence-corrected chi connectivity index (χ4v) is 8.43. The fraction of sp³-hybridized carbons (Fsp3) is 0. The lowest BCUT2D eigenvalue weighted by molar-refractivity contribution is 0.620. The van der Waals surface area contributed by atoms with Gasteiger partial charge in [0.1, 0.15) is 5.52 Å². The van der Waals surface area contributed by atoms with Gasteiger partial charge in [-0.1, -0.05) is 115 Å². The molecule has 10 aromatic rings. The quantitative estimate of drug-likeness (QED) is 0.175. The number of fused-ring (bicyclic) bond motifs is 8. The van der Waals surface area contributed by atoms with Gasteiger partial charge in [-0.25, -0.2) is 4.98 Å². The van der Waals surface area contributed by atoms with Gasteiger partial charge in [0.25, 0.3) is 0 Å². The summed E-state index contributed by atoms with van der Waals surface area (Å²) in [5.74, 6) is 0.627. The number of rotatable bonds is 5. The predicted molar refractivity (Wildman–Crippen MR) is 207 cm³/mol. The second kappa shape index (κ2) is 11.2. The fourth-order valence-electron chi connectivity index (χ4n) is 7.22. The van der Waals surface area contributed by atoms with Gasteiger partial charge in [-0.3, -0.25) is 0 Å². The molecule has 0 saturated heterocycles. The van der Waals surface area contributed by atoms with E-state index < -0.39 is 0 Å². The maximum Gasteiger partial charge on any atom is 0.227 e. The van der Waals surface area contributed by atoms with Crippen LogP contribution in [0.1, 0.15) is 0 Å². The molecular formula is C45H28N2OS. The van der Waals surface area contributed by atoms with Crippen molar-refractivity contribution in [3.63, 3.8) is 0 Å². The highest BCUT2D eigenvalue weighted by Gasteiger charge is 2.23. The van der Waals surface area contributed by atoms with Crippen LogP contribution in [0.15, 0.2) is 174 Å². The zero-order valence-corrected chi connectivity index (χ0v) is 27.2. The van der Waals surface area contributed by atoms with E-state index in [1.807, 2.05) is 30.3 Å². The minimum Gasteiger partial charge on any atom is -0.436 e. The molecule has 0 aliphatic carbocycles. The number of nitrogens with zero attached hydrogens (tertiary/aromatic N) is 2. The summed E-state index contributed by atoms with van der Waals surface area (Å²) in [5, 5.41) is 7.36. The van der Waals surface area contributed by atoms with Crippen molar-refractivity contribution in [2.75, 3.05) is 4.90 Å². The number of hydrogen-bond acceptors (Lipinski definition) is 4. The molecule has 0 radical (unpaired) electrons. The van der Waals surface area contributed by atoms with E-state index >= 15 is 0 Å². The summed E-state index contributed by atoms with van der Waals surface area (Å²) in [6, 6.07) is 60.2. The third kappa shape index (κ3) is 4.53. The molecule has 230 valence electrons. The third-order valence-electron chi connectivity index (χ3n) is 9.47. The van der Waals surface area contributed by atoms with Crippen molar-refractivity contribution in [1.82, 2.24) is 4.98 Å². The van der Waals surface area contributed by atoms with E-state index in [1.54, 1.807) is 11.3 Å². The van der Waals surface area contributed by atoms with Gasteiger partial charge in [0.15, 0.2) is 5.58 Å². The normalized spacial score (nSPS) is 11.7. The first-order chi connectivity index (χ1) is 24.3. The molecule has 0 aliphatic heterocycles. The Morgan fingerprint density at radius 1 is 0.510 bits per heavy atom. The predicted octanol–water partition coefficient (Wildman–Crippen LogP) is 13.3. The van der Waals surface area contributed by atoms with E-state index in [0.29, 0.717) is 5.89 Å². The first-order valence-corrected chi connectivity index (χ1v) is 17.3. The first-order valence-electron chi connectivity index (χ1n) is 16.5. The Morgan fingerprint density at radius 2 is 1.14 bits per heavy atom. The number of aromatic nitrogens is 1. The SMILES string of the molecule is c1ccc(-c2nc3c(cc(N(c4ccccc4)c4ccc(-c5cc6ccccc6c6ccccc56)cc4)c4sc5ccccc5c43)o2)cc1. The second-order valence-corrected chi connectivity index (χ2v) is 13.4. The van der Waals surface area contributed by atoms with Crippen molar-refractivity contribution in [1.29, 1.82) is 0 Å². The van der Waals surface area contributed by atoms with Crippen molar-refractivity contribution in [3.8, 4) is 22.6 Å². The van der Waals surface area contributed by atoms with Gasteiger partial charge < -0.3 is 9.32 Å². The van der Waals surface area contributed by atoms with E-state index in [9.17, 15) is 0 Å². The van der Waals surface area contributed by atoms with E-state index in [4.69, 9.17) is 9.40 Å². The number of para-hydroxylation sites is 1. The van der Waals surface area contributed by atoms with Crippen LogP contribution in [-0.2, 0) is 0 Å². The Morgan fingerprint density at radius 3 is 1.94 bits per heavy atom. The standard InChI is InChI=1S/C45H28N2OS/c1-3-13-30(14-4-1)45-46-43-40(48-45)28-39(44-42(43)37-21-11-12-22-41(37)49-44)47(32-16-5-2-6-17-32)33-25-23-29(24-26-33)38-27-31-15-7-8-18-34(31)35-19-9-10-20-36(35)38/h1-28H. The first kappa shape index (κ1) is 27.8. The molecule has 0 saturated carbocycles. The Kier molecular flexibility index (Phi) is 6.36. The maximum absolute atomic E-state index is 6.56. The van der Waals surface area contributed by atoms with Crippen LogP contribution in [0.5, 0.6) is 0 Å². The zero-order chi connectivity index (χ0) is 32.3. The average molecular weight is 645 g/mol. The molecule has 0 spiro atoms. The van der Waals surface area contributed by atoms with Crippen molar-refractivity contribution >= 4 is 81.2 Å². The molecule has 0 fully saturated rings. The largest absolute Gasteiger partial charge is 0.436 e. The molecule has 8 aromatic carbocycles. The van der Waals surface area contributed by atoms with E-state index in [0.717, 1.165) is 39.1 Å². The molecule has 3 nitrogen and oxygen atoms in total. The summed E-state index contributed by atoms with van der Waals surface area (Å²) in [5.41, 5.74) is 8.25. The van der Waals surface area contributed by atoms with Crippen LogP contribution in [0.3, 0.4) is 0 Å². The highest BCUT2D eigenvalue weighted by atomic mass is 32.1. The molecule has 0 atom stereocenters. The van der Waals surface area contributed by atoms with Gasteiger partial charge in [-0.05, 0) is 81.2 Å². The third-order valence-corrected chi connectivity index (χ3v) is 10.7. The zero-order valence-electron chi connectivity index (χ0n) is 26.4. The molecule has 4 heteroatoms. The van der Waals surface area contributed by atoms with Gasteiger partial charge in [-0.15, -0.1) is 11.3 Å². The number of oxazole rings is 1. The summed E-state index contributed by atoms with van der Waals surface area (Å²) in [7, 11) is 0. The summed E-state index contributed by atoms with van der Waals surface area (Å²) in [6.07, 6.45) is 0. The van der Waals surface area contributed by atoms with Crippen LogP contribution in [0, 0.1) is 0 Å².